The number of carbonyl (C=O) groups is 3. The lowest BCUT2D eigenvalue weighted by molar-refractivity contribution is -0.139. The highest BCUT2D eigenvalue weighted by molar-refractivity contribution is 7.99. The summed E-state index contributed by atoms with van der Waals surface area (Å²) in [5, 5.41) is 8.61. The van der Waals surface area contributed by atoms with Crippen LogP contribution in [0.2, 0.25) is 0 Å². The topological polar surface area (TPSA) is 101 Å². The van der Waals surface area contributed by atoms with Gasteiger partial charge >= 0.3 is 5.97 Å². The Kier molecular flexibility index (Phi) is 8.19. The standard InChI is InChI=1S/C11H20N2O4S/c1-8(2)13(5-3-11(16)17)10(15)4-6-18-7-9(12)14/h8H,3-7H2,1-2H3,(H2,12,14)(H,16,17). The van der Waals surface area contributed by atoms with Gasteiger partial charge in [0.15, 0.2) is 0 Å². The van der Waals surface area contributed by atoms with Gasteiger partial charge in [0.25, 0.3) is 0 Å². The molecule has 0 unspecified atom stereocenters. The highest BCUT2D eigenvalue weighted by Crippen LogP contribution is 2.07. The van der Waals surface area contributed by atoms with E-state index in [2.05, 4.69) is 0 Å². The first-order chi connectivity index (χ1) is 8.34. The molecule has 104 valence electrons. The summed E-state index contributed by atoms with van der Waals surface area (Å²) in [5.41, 5.74) is 4.98. The monoisotopic (exact) mass is 276 g/mol. The van der Waals surface area contributed by atoms with E-state index < -0.39 is 11.9 Å². The SMILES string of the molecule is CC(C)N(CCC(=O)O)C(=O)CCSCC(N)=O. The fourth-order valence-electron chi connectivity index (χ4n) is 1.36. The van der Waals surface area contributed by atoms with Crippen molar-refractivity contribution >= 4 is 29.5 Å². The van der Waals surface area contributed by atoms with Gasteiger partial charge in [0.05, 0.1) is 12.2 Å². The Labute approximate surface area is 111 Å². The molecular formula is C11H20N2O4S. The second-order valence-corrected chi connectivity index (χ2v) is 5.20. The molecule has 0 aliphatic rings. The zero-order valence-corrected chi connectivity index (χ0v) is 11.5. The van der Waals surface area contributed by atoms with Crippen LogP contribution >= 0.6 is 11.8 Å². The molecule has 7 heteroatoms. The second kappa shape index (κ2) is 8.79. The number of carboxylic acids is 1. The molecule has 0 aromatic carbocycles. The van der Waals surface area contributed by atoms with Crippen LogP contribution in [-0.4, -0.2) is 51.9 Å². The summed E-state index contributed by atoms with van der Waals surface area (Å²) < 4.78 is 0. The van der Waals surface area contributed by atoms with E-state index in [1.165, 1.54) is 11.8 Å². The Morgan fingerprint density at radius 1 is 1.28 bits per heavy atom. The summed E-state index contributed by atoms with van der Waals surface area (Å²) in [4.78, 5) is 34.4. The van der Waals surface area contributed by atoms with E-state index in [1.54, 1.807) is 4.90 Å². The first kappa shape index (κ1) is 16.8. The molecule has 3 N–H and O–H groups in total. The van der Waals surface area contributed by atoms with Crippen LogP contribution in [0.5, 0.6) is 0 Å². The molecule has 0 atom stereocenters. The molecule has 0 aromatic rings. The van der Waals surface area contributed by atoms with Crippen LogP contribution in [0.3, 0.4) is 0 Å². The van der Waals surface area contributed by atoms with Gasteiger partial charge in [-0.3, -0.25) is 14.4 Å². The van der Waals surface area contributed by atoms with E-state index in [1.807, 2.05) is 13.8 Å². The Balaban J connectivity index is 4.06. The molecule has 0 rings (SSSR count). The summed E-state index contributed by atoms with van der Waals surface area (Å²) in [6.45, 7) is 3.90. The molecule has 0 heterocycles. The number of rotatable bonds is 9. The first-order valence-corrected chi connectivity index (χ1v) is 6.87. The summed E-state index contributed by atoms with van der Waals surface area (Å²) in [6.07, 6.45) is 0.230. The van der Waals surface area contributed by atoms with Crippen LogP contribution in [0.15, 0.2) is 0 Å². The molecule has 6 nitrogen and oxygen atoms in total. The normalized spacial score (nSPS) is 10.4. The predicted octanol–water partition coefficient (Wildman–Crippen LogP) is 0.307. The summed E-state index contributed by atoms with van der Waals surface area (Å²) in [5.74, 6) is -0.707. The Bertz CT molecular complexity index is 307. The summed E-state index contributed by atoms with van der Waals surface area (Å²) in [7, 11) is 0. The van der Waals surface area contributed by atoms with E-state index in [9.17, 15) is 14.4 Å². The lowest BCUT2D eigenvalue weighted by Crippen LogP contribution is -2.38. The molecule has 0 bridgehead atoms. The van der Waals surface area contributed by atoms with Crippen LogP contribution in [-0.2, 0) is 14.4 Å². The summed E-state index contributed by atoms with van der Waals surface area (Å²) in [6, 6.07) is -0.0296. The molecule has 18 heavy (non-hydrogen) atoms. The van der Waals surface area contributed by atoms with Gasteiger partial charge in [-0.15, -0.1) is 0 Å². The Morgan fingerprint density at radius 2 is 1.89 bits per heavy atom. The predicted molar refractivity (Wildman–Crippen MR) is 70.2 cm³/mol. The molecule has 0 aromatic heterocycles. The number of hydrogen-bond donors (Lipinski definition) is 2. The number of carboxylic acid groups (broad SMARTS) is 1. The maximum absolute atomic E-state index is 11.8. The van der Waals surface area contributed by atoms with Crippen molar-refractivity contribution in [3.8, 4) is 0 Å². The van der Waals surface area contributed by atoms with Crippen LogP contribution in [0, 0.1) is 0 Å². The number of hydrogen-bond acceptors (Lipinski definition) is 4. The number of thioether (sulfide) groups is 1. The number of amides is 2. The van der Waals surface area contributed by atoms with E-state index in [0.29, 0.717) is 5.75 Å². The average Bonchev–Trinajstić information content (AvgIpc) is 2.23. The van der Waals surface area contributed by atoms with Gasteiger partial charge < -0.3 is 15.7 Å². The lowest BCUT2D eigenvalue weighted by atomic mass is 10.2. The highest BCUT2D eigenvalue weighted by atomic mass is 32.2. The van der Waals surface area contributed by atoms with Crippen molar-refractivity contribution in [2.24, 2.45) is 5.73 Å². The van der Waals surface area contributed by atoms with Crippen LogP contribution in [0.25, 0.3) is 0 Å². The fraction of sp³-hybridized carbons (Fsp3) is 0.727. The Hall–Kier alpha value is -1.24. The highest BCUT2D eigenvalue weighted by Gasteiger charge is 2.17. The van der Waals surface area contributed by atoms with Crippen molar-refractivity contribution in [2.45, 2.75) is 32.7 Å². The van der Waals surface area contributed by atoms with Gasteiger partial charge in [0.1, 0.15) is 0 Å². The summed E-state index contributed by atoms with van der Waals surface area (Å²) >= 11 is 1.30. The minimum absolute atomic E-state index is 0.0296. The average molecular weight is 276 g/mol. The van der Waals surface area contributed by atoms with Gasteiger partial charge in [0.2, 0.25) is 11.8 Å². The van der Waals surface area contributed by atoms with Crippen molar-refractivity contribution in [3.63, 3.8) is 0 Å². The minimum Gasteiger partial charge on any atom is -0.481 e. The second-order valence-electron chi connectivity index (χ2n) is 4.09. The molecule has 0 aliphatic carbocycles. The van der Waals surface area contributed by atoms with Crippen LogP contribution in [0.1, 0.15) is 26.7 Å². The fourth-order valence-corrected chi connectivity index (χ4v) is 2.03. The largest absolute Gasteiger partial charge is 0.481 e. The third-order valence-corrected chi connectivity index (χ3v) is 3.20. The molecule has 0 saturated carbocycles. The Morgan fingerprint density at radius 3 is 2.33 bits per heavy atom. The van der Waals surface area contributed by atoms with Gasteiger partial charge in [-0.25, -0.2) is 0 Å². The van der Waals surface area contributed by atoms with E-state index in [4.69, 9.17) is 10.8 Å². The number of aliphatic carboxylic acids is 1. The van der Waals surface area contributed by atoms with Crippen molar-refractivity contribution in [1.29, 1.82) is 0 Å². The van der Waals surface area contributed by atoms with E-state index in [-0.39, 0.29) is 37.1 Å². The number of nitrogens with two attached hydrogens (primary N) is 1. The van der Waals surface area contributed by atoms with Crippen molar-refractivity contribution in [2.75, 3.05) is 18.1 Å². The maximum Gasteiger partial charge on any atom is 0.305 e. The van der Waals surface area contributed by atoms with Gasteiger partial charge in [-0.2, -0.15) is 11.8 Å². The first-order valence-electron chi connectivity index (χ1n) is 5.72. The molecule has 0 radical (unpaired) electrons. The molecule has 0 spiro atoms. The number of nitrogens with zero attached hydrogens (tertiary/aromatic N) is 1. The molecule has 2 amide bonds. The molecule has 0 fully saturated rings. The third kappa shape index (κ3) is 7.94. The lowest BCUT2D eigenvalue weighted by Gasteiger charge is -2.26. The van der Waals surface area contributed by atoms with E-state index in [0.717, 1.165) is 0 Å². The van der Waals surface area contributed by atoms with Crippen molar-refractivity contribution in [3.05, 3.63) is 0 Å². The van der Waals surface area contributed by atoms with Crippen molar-refractivity contribution < 1.29 is 19.5 Å². The maximum atomic E-state index is 11.8. The smallest absolute Gasteiger partial charge is 0.305 e. The third-order valence-electron chi connectivity index (χ3n) is 2.21. The quantitative estimate of drug-likeness (QED) is 0.590. The number of carbonyl (C=O) groups excluding carboxylic acids is 2. The van der Waals surface area contributed by atoms with Gasteiger partial charge in [0, 0.05) is 24.8 Å². The van der Waals surface area contributed by atoms with Crippen molar-refractivity contribution in [1.82, 2.24) is 4.90 Å². The zero-order chi connectivity index (χ0) is 14.1. The molecule has 0 aliphatic heterocycles. The van der Waals surface area contributed by atoms with E-state index >= 15 is 0 Å². The minimum atomic E-state index is -0.920. The van der Waals surface area contributed by atoms with Gasteiger partial charge in [-0.1, -0.05) is 0 Å². The zero-order valence-electron chi connectivity index (χ0n) is 10.7. The number of primary amides is 1. The molecule has 0 saturated heterocycles. The molecular weight excluding hydrogens is 256 g/mol. The van der Waals surface area contributed by atoms with Gasteiger partial charge in [-0.05, 0) is 13.8 Å². The van der Waals surface area contributed by atoms with Crippen LogP contribution < -0.4 is 5.73 Å². The van der Waals surface area contributed by atoms with Crippen LogP contribution in [0.4, 0.5) is 0 Å².